The number of hydrogen-bond acceptors (Lipinski definition) is 2. The minimum Gasteiger partial charge on any atom is -0.497 e. The van der Waals surface area contributed by atoms with Crippen LogP contribution in [0.2, 0.25) is 0 Å². The lowest BCUT2D eigenvalue weighted by Gasteiger charge is -2.39. The number of benzene rings is 2. The summed E-state index contributed by atoms with van der Waals surface area (Å²) in [6.45, 7) is 1.68. The van der Waals surface area contributed by atoms with E-state index in [1.807, 2.05) is 35.2 Å². The van der Waals surface area contributed by atoms with Gasteiger partial charge in [0.1, 0.15) is 5.75 Å². The highest BCUT2D eigenvalue weighted by molar-refractivity contribution is 5.89. The van der Waals surface area contributed by atoms with E-state index < -0.39 is 0 Å². The van der Waals surface area contributed by atoms with Crippen LogP contribution in [-0.4, -0.2) is 31.0 Å². The van der Waals surface area contributed by atoms with Gasteiger partial charge in [-0.2, -0.15) is 0 Å². The Morgan fingerprint density at radius 3 is 2.45 bits per heavy atom. The highest BCUT2D eigenvalue weighted by atomic mass is 16.5. The maximum atomic E-state index is 12.3. The number of rotatable bonds is 6. The molecule has 3 heteroatoms. The average molecular weight is 295 g/mol. The number of hydrogen-bond donors (Lipinski definition) is 0. The van der Waals surface area contributed by atoms with E-state index in [0.717, 1.165) is 37.2 Å². The van der Waals surface area contributed by atoms with Gasteiger partial charge in [0.25, 0.3) is 0 Å². The highest BCUT2D eigenvalue weighted by Crippen LogP contribution is 2.29. The van der Waals surface area contributed by atoms with Crippen molar-refractivity contribution < 1.29 is 9.53 Å². The van der Waals surface area contributed by atoms with E-state index in [1.165, 1.54) is 5.56 Å². The van der Waals surface area contributed by atoms with E-state index in [9.17, 15) is 4.79 Å². The van der Waals surface area contributed by atoms with Crippen LogP contribution in [0.4, 0.5) is 0 Å². The molecule has 0 bridgehead atoms. The number of carbonyl (C=O) groups excluding carboxylic acids is 1. The SMILES string of the molecule is COc1ccc([C@H]2CN(CCCc3ccccc3)C2=O)cc1. The summed E-state index contributed by atoms with van der Waals surface area (Å²) in [6, 6.07) is 18.2. The average Bonchev–Trinajstić information content (AvgIpc) is 2.58. The molecular formula is C19H21NO2. The van der Waals surface area contributed by atoms with Crippen molar-refractivity contribution in [3.63, 3.8) is 0 Å². The van der Waals surface area contributed by atoms with E-state index in [1.54, 1.807) is 7.11 Å². The molecular weight excluding hydrogens is 274 g/mol. The van der Waals surface area contributed by atoms with E-state index in [2.05, 4.69) is 24.3 Å². The summed E-state index contributed by atoms with van der Waals surface area (Å²) >= 11 is 0. The summed E-state index contributed by atoms with van der Waals surface area (Å²) < 4.78 is 5.15. The van der Waals surface area contributed by atoms with E-state index in [0.29, 0.717) is 0 Å². The fourth-order valence-corrected chi connectivity index (χ4v) is 2.90. The molecule has 0 saturated carbocycles. The zero-order valence-corrected chi connectivity index (χ0v) is 12.9. The largest absolute Gasteiger partial charge is 0.497 e. The lowest BCUT2D eigenvalue weighted by atomic mass is 9.90. The second-order valence-corrected chi connectivity index (χ2v) is 5.70. The molecule has 114 valence electrons. The van der Waals surface area contributed by atoms with Crippen LogP contribution in [-0.2, 0) is 11.2 Å². The van der Waals surface area contributed by atoms with E-state index >= 15 is 0 Å². The maximum absolute atomic E-state index is 12.3. The molecule has 1 fully saturated rings. The van der Waals surface area contributed by atoms with Crippen LogP contribution < -0.4 is 4.74 Å². The van der Waals surface area contributed by atoms with Gasteiger partial charge in [-0.3, -0.25) is 4.79 Å². The standard InChI is InChI=1S/C19H21NO2/c1-22-17-11-9-16(10-12-17)18-14-20(19(18)21)13-5-8-15-6-3-2-4-7-15/h2-4,6-7,9-12,18H,5,8,13-14H2,1H3/t18-/m1/s1. The van der Waals surface area contributed by atoms with Crippen LogP contribution in [0.15, 0.2) is 54.6 Å². The number of nitrogens with zero attached hydrogens (tertiary/aromatic N) is 1. The van der Waals surface area contributed by atoms with Gasteiger partial charge in [-0.15, -0.1) is 0 Å². The molecule has 3 rings (SSSR count). The molecule has 2 aromatic rings. The topological polar surface area (TPSA) is 29.5 Å². The molecule has 1 heterocycles. The molecule has 22 heavy (non-hydrogen) atoms. The van der Waals surface area contributed by atoms with Gasteiger partial charge >= 0.3 is 0 Å². The van der Waals surface area contributed by atoms with Crippen LogP contribution >= 0.6 is 0 Å². The first kappa shape index (κ1) is 14.6. The van der Waals surface area contributed by atoms with Crippen LogP contribution in [0.25, 0.3) is 0 Å². The van der Waals surface area contributed by atoms with E-state index in [4.69, 9.17) is 4.74 Å². The van der Waals surface area contributed by atoms with Gasteiger partial charge in [0, 0.05) is 13.1 Å². The molecule has 0 aromatic heterocycles. The molecule has 1 aliphatic rings. The molecule has 0 N–H and O–H groups in total. The summed E-state index contributed by atoms with van der Waals surface area (Å²) in [6.07, 6.45) is 2.04. The Kier molecular flexibility index (Phi) is 4.42. The predicted octanol–water partition coefficient (Wildman–Crippen LogP) is 3.25. The predicted molar refractivity (Wildman–Crippen MR) is 87.1 cm³/mol. The smallest absolute Gasteiger partial charge is 0.231 e. The maximum Gasteiger partial charge on any atom is 0.231 e. The molecule has 0 spiro atoms. The molecule has 1 amide bonds. The quantitative estimate of drug-likeness (QED) is 0.766. The number of β-lactam (4-membered cyclic amide) rings is 1. The summed E-state index contributed by atoms with van der Waals surface area (Å²) in [4.78, 5) is 14.2. The summed E-state index contributed by atoms with van der Waals surface area (Å²) in [7, 11) is 1.65. The summed E-state index contributed by atoms with van der Waals surface area (Å²) in [5, 5.41) is 0. The minimum absolute atomic E-state index is 0.0302. The molecule has 0 aliphatic carbocycles. The fourth-order valence-electron chi connectivity index (χ4n) is 2.90. The Hall–Kier alpha value is -2.29. The summed E-state index contributed by atoms with van der Waals surface area (Å²) in [5.74, 6) is 1.11. The van der Waals surface area contributed by atoms with Crippen LogP contribution in [0.5, 0.6) is 5.75 Å². The van der Waals surface area contributed by atoms with Gasteiger partial charge in [-0.1, -0.05) is 42.5 Å². The van der Waals surface area contributed by atoms with Crippen molar-refractivity contribution in [3.8, 4) is 5.75 Å². The Morgan fingerprint density at radius 1 is 1.09 bits per heavy atom. The zero-order chi connectivity index (χ0) is 15.4. The Bertz CT molecular complexity index is 622. The first-order valence-corrected chi connectivity index (χ1v) is 7.74. The Balaban J connectivity index is 1.47. The normalized spacial score (nSPS) is 17.2. The van der Waals surface area contributed by atoms with Gasteiger partial charge in [0.05, 0.1) is 13.0 Å². The molecule has 2 aromatic carbocycles. The van der Waals surface area contributed by atoms with Crippen molar-refractivity contribution in [3.05, 3.63) is 65.7 Å². The summed E-state index contributed by atoms with van der Waals surface area (Å²) in [5.41, 5.74) is 2.42. The zero-order valence-electron chi connectivity index (χ0n) is 12.9. The third kappa shape index (κ3) is 3.14. The van der Waals surface area contributed by atoms with Crippen molar-refractivity contribution in [1.29, 1.82) is 0 Å². The highest BCUT2D eigenvalue weighted by Gasteiger charge is 2.36. The Labute approximate surface area is 131 Å². The number of likely N-dealkylation sites (tertiary alicyclic amines) is 1. The van der Waals surface area contributed by atoms with Gasteiger partial charge < -0.3 is 9.64 Å². The number of amides is 1. The minimum atomic E-state index is 0.0302. The van der Waals surface area contributed by atoms with Gasteiger partial charge in [-0.25, -0.2) is 0 Å². The first-order valence-electron chi connectivity index (χ1n) is 7.74. The van der Waals surface area contributed by atoms with Crippen molar-refractivity contribution in [2.75, 3.05) is 20.2 Å². The Morgan fingerprint density at radius 2 is 1.82 bits per heavy atom. The molecule has 1 atom stereocenters. The molecule has 1 saturated heterocycles. The lowest BCUT2D eigenvalue weighted by molar-refractivity contribution is -0.142. The fraction of sp³-hybridized carbons (Fsp3) is 0.316. The van der Waals surface area contributed by atoms with Crippen molar-refractivity contribution in [2.24, 2.45) is 0 Å². The van der Waals surface area contributed by atoms with Gasteiger partial charge in [-0.05, 0) is 36.1 Å². The number of carbonyl (C=O) groups is 1. The third-order valence-electron chi connectivity index (χ3n) is 4.27. The van der Waals surface area contributed by atoms with Crippen molar-refractivity contribution in [1.82, 2.24) is 4.90 Å². The van der Waals surface area contributed by atoms with Crippen molar-refractivity contribution in [2.45, 2.75) is 18.8 Å². The van der Waals surface area contributed by atoms with Gasteiger partial charge in [0.2, 0.25) is 5.91 Å². The molecule has 0 unspecified atom stereocenters. The lowest BCUT2D eigenvalue weighted by Crippen LogP contribution is -2.51. The monoisotopic (exact) mass is 295 g/mol. The molecule has 3 nitrogen and oxygen atoms in total. The van der Waals surface area contributed by atoms with Gasteiger partial charge in [0.15, 0.2) is 0 Å². The number of methoxy groups -OCH3 is 1. The van der Waals surface area contributed by atoms with Crippen LogP contribution in [0, 0.1) is 0 Å². The molecule has 0 radical (unpaired) electrons. The number of ether oxygens (including phenoxy) is 1. The second kappa shape index (κ2) is 6.65. The van der Waals surface area contributed by atoms with Crippen LogP contribution in [0.1, 0.15) is 23.5 Å². The number of aryl methyl sites for hydroxylation is 1. The second-order valence-electron chi connectivity index (χ2n) is 5.70. The molecule has 1 aliphatic heterocycles. The van der Waals surface area contributed by atoms with Crippen LogP contribution in [0.3, 0.4) is 0 Å². The first-order chi connectivity index (χ1) is 10.8. The van der Waals surface area contributed by atoms with Crippen molar-refractivity contribution >= 4 is 5.91 Å². The third-order valence-corrected chi connectivity index (χ3v) is 4.27. The van der Waals surface area contributed by atoms with E-state index in [-0.39, 0.29) is 11.8 Å².